The van der Waals surface area contributed by atoms with Gasteiger partial charge in [0, 0.05) is 16.0 Å². The fourth-order valence-corrected chi connectivity index (χ4v) is 2.54. The van der Waals surface area contributed by atoms with Crippen LogP contribution in [-0.4, -0.2) is 24.2 Å². The first-order valence-electron chi connectivity index (χ1n) is 7.67. The lowest BCUT2D eigenvalue weighted by Gasteiger charge is -2.13. The van der Waals surface area contributed by atoms with Gasteiger partial charge in [0.15, 0.2) is 6.10 Å². The normalized spacial score (nSPS) is 12.0. The molecule has 0 radical (unpaired) electrons. The van der Waals surface area contributed by atoms with Crippen LogP contribution in [0.5, 0.6) is 0 Å². The number of benzene rings is 2. The monoisotopic (exact) mass is 393 g/mol. The lowest BCUT2D eigenvalue weighted by atomic mass is 10.2. The van der Waals surface area contributed by atoms with E-state index in [-0.39, 0.29) is 10.7 Å². The van der Waals surface area contributed by atoms with E-state index in [1.54, 1.807) is 17.8 Å². The second kappa shape index (κ2) is 9.40. The highest BCUT2D eigenvalue weighted by Gasteiger charge is 2.18. The standard InChI is InChI=1S/C19H17ClFNO3S/c1-12(19(24)22-17-9-6-14(20)11-16(17)21)25-18(23)10-5-13-3-7-15(26-2)8-4-13/h3-12H,1-2H3,(H,22,24)/b10-5+/t12-/m1/s1. The van der Waals surface area contributed by atoms with Crippen LogP contribution in [0.4, 0.5) is 10.1 Å². The Kier molecular flexibility index (Phi) is 7.24. The molecule has 0 saturated heterocycles. The van der Waals surface area contributed by atoms with Crippen molar-refractivity contribution in [1.29, 1.82) is 0 Å². The smallest absolute Gasteiger partial charge is 0.331 e. The number of hydrogen-bond donors (Lipinski definition) is 1. The van der Waals surface area contributed by atoms with E-state index in [1.807, 2.05) is 30.5 Å². The Balaban J connectivity index is 1.90. The Morgan fingerprint density at radius 2 is 1.92 bits per heavy atom. The van der Waals surface area contributed by atoms with Gasteiger partial charge in [0.2, 0.25) is 0 Å². The average Bonchev–Trinajstić information content (AvgIpc) is 2.62. The molecule has 2 aromatic rings. The molecule has 26 heavy (non-hydrogen) atoms. The molecule has 0 saturated carbocycles. The summed E-state index contributed by atoms with van der Waals surface area (Å²) in [5.74, 6) is -1.98. The van der Waals surface area contributed by atoms with Crippen LogP contribution >= 0.6 is 23.4 Å². The summed E-state index contributed by atoms with van der Waals surface area (Å²) in [5, 5.41) is 2.57. The molecule has 1 amide bonds. The quantitative estimate of drug-likeness (QED) is 0.435. The van der Waals surface area contributed by atoms with E-state index < -0.39 is 23.8 Å². The molecule has 0 spiro atoms. The summed E-state index contributed by atoms with van der Waals surface area (Å²) in [6.07, 6.45) is 3.72. The van der Waals surface area contributed by atoms with Gasteiger partial charge in [0.25, 0.3) is 5.91 Å². The van der Waals surface area contributed by atoms with Gasteiger partial charge in [0.05, 0.1) is 5.69 Å². The average molecular weight is 394 g/mol. The molecule has 2 aromatic carbocycles. The van der Waals surface area contributed by atoms with Crippen LogP contribution in [-0.2, 0) is 14.3 Å². The molecule has 1 atom stereocenters. The zero-order valence-electron chi connectivity index (χ0n) is 14.2. The summed E-state index contributed by atoms with van der Waals surface area (Å²) in [5.41, 5.74) is 0.798. The van der Waals surface area contributed by atoms with E-state index in [2.05, 4.69) is 5.32 Å². The van der Waals surface area contributed by atoms with Crippen LogP contribution in [0.1, 0.15) is 12.5 Å². The first-order valence-corrected chi connectivity index (χ1v) is 9.28. The summed E-state index contributed by atoms with van der Waals surface area (Å²) < 4.78 is 18.7. The Hall–Kier alpha value is -2.31. The van der Waals surface area contributed by atoms with Gasteiger partial charge in [-0.1, -0.05) is 23.7 Å². The minimum atomic E-state index is -1.08. The number of halogens is 2. The number of nitrogens with one attached hydrogen (secondary N) is 1. The van der Waals surface area contributed by atoms with E-state index in [1.165, 1.54) is 25.1 Å². The Bertz CT molecular complexity index is 824. The molecule has 136 valence electrons. The van der Waals surface area contributed by atoms with Crippen molar-refractivity contribution in [1.82, 2.24) is 0 Å². The SMILES string of the molecule is CSc1ccc(/C=C/C(=O)O[C@H](C)C(=O)Nc2ccc(Cl)cc2F)cc1. The fourth-order valence-electron chi connectivity index (χ4n) is 1.97. The summed E-state index contributed by atoms with van der Waals surface area (Å²) in [6, 6.07) is 11.5. The van der Waals surface area contributed by atoms with Crippen molar-refractivity contribution >= 4 is 47.0 Å². The minimum absolute atomic E-state index is 0.0354. The first-order chi connectivity index (χ1) is 12.4. The molecule has 4 nitrogen and oxygen atoms in total. The van der Waals surface area contributed by atoms with E-state index in [0.717, 1.165) is 16.5 Å². The molecule has 0 unspecified atom stereocenters. The van der Waals surface area contributed by atoms with Crippen LogP contribution in [0, 0.1) is 5.82 Å². The highest BCUT2D eigenvalue weighted by molar-refractivity contribution is 7.98. The molecule has 0 aromatic heterocycles. The summed E-state index contributed by atoms with van der Waals surface area (Å²) in [4.78, 5) is 25.0. The molecule has 0 heterocycles. The molecule has 7 heteroatoms. The highest BCUT2D eigenvalue weighted by atomic mass is 35.5. The number of ether oxygens (including phenoxy) is 1. The number of anilines is 1. The second-order valence-electron chi connectivity index (χ2n) is 5.30. The van der Waals surface area contributed by atoms with E-state index >= 15 is 0 Å². The van der Waals surface area contributed by atoms with Crippen LogP contribution in [0.2, 0.25) is 5.02 Å². The number of esters is 1. The van der Waals surface area contributed by atoms with Crippen LogP contribution in [0.25, 0.3) is 6.08 Å². The maximum Gasteiger partial charge on any atom is 0.331 e. The molecule has 2 rings (SSSR count). The molecule has 0 aliphatic heterocycles. The van der Waals surface area contributed by atoms with Gasteiger partial charge in [0.1, 0.15) is 5.82 Å². The number of rotatable bonds is 6. The second-order valence-corrected chi connectivity index (χ2v) is 6.62. The van der Waals surface area contributed by atoms with Crippen molar-refractivity contribution in [2.45, 2.75) is 17.9 Å². The molecular formula is C19H17ClFNO3S. The number of carbonyl (C=O) groups is 2. The molecule has 0 aliphatic rings. The molecule has 0 bridgehead atoms. The molecule has 1 N–H and O–H groups in total. The van der Waals surface area contributed by atoms with Crippen LogP contribution < -0.4 is 5.32 Å². The van der Waals surface area contributed by atoms with Crippen LogP contribution in [0.15, 0.2) is 53.4 Å². The lowest BCUT2D eigenvalue weighted by Crippen LogP contribution is -2.29. The Morgan fingerprint density at radius 1 is 1.23 bits per heavy atom. The minimum Gasteiger partial charge on any atom is -0.449 e. The van der Waals surface area contributed by atoms with Gasteiger partial charge in [-0.3, -0.25) is 4.79 Å². The third-order valence-corrected chi connectivity index (χ3v) is 4.36. The van der Waals surface area contributed by atoms with E-state index in [4.69, 9.17) is 16.3 Å². The summed E-state index contributed by atoms with van der Waals surface area (Å²) in [6.45, 7) is 1.40. The van der Waals surface area contributed by atoms with Gasteiger partial charge >= 0.3 is 5.97 Å². The maximum atomic E-state index is 13.7. The third-order valence-electron chi connectivity index (χ3n) is 3.38. The van der Waals surface area contributed by atoms with Gasteiger partial charge in [-0.25, -0.2) is 9.18 Å². The predicted molar refractivity (Wildman–Crippen MR) is 103 cm³/mol. The van der Waals surface area contributed by atoms with Gasteiger partial charge in [-0.15, -0.1) is 11.8 Å². The zero-order chi connectivity index (χ0) is 19.1. The van der Waals surface area contributed by atoms with Crippen molar-refractivity contribution < 1.29 is 18.7 Å². The maximum absolute atomic E-state index is 13.7. The third kappa shape index (κ3) is 5.89. The predicted octanol–water partition coefficient (Wildman–Crippen LogP) is 4.78. The molecule has 0 aliphatic carbocycles. The largest absolute Gasteiger partial charge is 0.449 e. The Morgan fingerprint density at radius 3 is 2.54 bits per heavy atom. The summed E-state index contributed by atoms with van der Waals surface area (Å²) in [7, 11) is 0. The molecule has 0 fully saturated rings. The van der Waals surface area contributed by atoms with E-state index in [9.17, 15) is 14.0 Å². The van der Waals surface area contributed by atoms with Crippen molar-refractivity contribution in [2.75, 3.05) is 11.6 Å². The molecular weight excluding hydrogens is 377 g/mol. The van der Waals surface area contributed by atoms with Crippen molar-refractivity contribution in [3.8, 4) is 0 Å². The lowest BCUT2D eigenvalue weighted by molar-refractivity contribution is -0.148. The van der Waals surface area contributed by atoms with Crippen LogP contribution in [0.3, 0.4) is 0 Å². The Labute approximate surface area is 160 Å². The number of carbonyl (C=O) groups excluding carboxylic acids is 2. The van der Waals surface area contributed by atoms with Crippen molar-refractivity contribution in [2.24, 2.45) is 0 Å². The van der Waals surface area contributed by atoms with Gasteiger partial charge in [-0.2, -0.15) is 0 Å². The number of hydrogen-bond acceptors (Lipinski definition) is 4. The topological polar surface area (TPSA) is 55.4 Å². The van der Waals surface area contributed by atoms with Gasteiger partial charge in [-0.05, 0) is 55.2 Å². The zero-order valence-corrected chi connectivity index (χ0v) is 15.7. The highest BCUT2D eigenvalue weighted by Crippen LogP contribution is 2.19. The number of amides is 1. The summed E-state index contributed by atoms with van der Waals surface area (Å²) >= 11 is 7.28. The number of thioether (sulfide) groups is 1. The van der Waals surface area contributed by atoms with E-state index in [0.29, 0.717) is 0 Å². The van der Waals surface area contributed by atoms with Crippen molar-refractivity contribution in [3.63, 3.8) is 0 Å². The fraction of sp³-hybridized carbons (Fsp3) is 0.158. The first kappa shape index (κ1) is 20.0. The van der Waals surface area contributed by atoms with Gasteiger partial charge < -0.3 is 10.1 Å². The van der Waals surface area contributed by atoms with Crippen molar-refractivity contribution in [3.05, 3.63) is 64.9 Å².